The molecule has 1 heterocycles. The maximum atomic E-state index is 12.0. The molecule has 0 saturated heterocycles. The number of aromatic nitrogens is 1. The molecule has 1 aromatic heterocycles. The van der Waals surface area contributed by atoms with Gasteiger partial charge in [0.05, 0.1) is 17.1 Å². The first-order chi connectivity index (χ1) is 11.5. The van der Waals surface area contributed by atoms with Gasteiger partial charge in [-0.25, -0.2) is 0 Å². The Balaban J connectivity index is 2.61. The standard InChI is InChI=1S/C16H12BrN3O4/c1-24-9-13-12(8-18)16(21)19-14(15(13)20(22)23)7-4-10-2-5-11(17)6-3-10/h2-7H,9H2,1H3,(H,19,21)/b7-4+. The van der Waals surface area contributed by atoms with E-state index in [1.165, 1.54) is 13.2 Å². The highest BCUT2D eigenvalue weighted by atomic mass is 79.9. The van der Waals surface area contributed by atoms with Gasteiger partial charge in [0.1, 0.15) is 17.3 Å². The molecular weight excluding hydrogens is 378 g/mol. The minimum Gasteiger partial charge on any atom is -0.380 e. The van der Waals surface area contributed by atoms with Crippen LogP contribution < -0.4 is 5.56 Å². The predicted molar refractivity (Wildman–Crippen MR) is 92.2 cm³/mol. The maximum absolute atomic E-state index is 12.0. The van der Waals surface area contributed by atoms with Gasteiger partial charge < -0.3 is 9.72 Å². The lowest BCUT2D eigenvalue weighted by Gasteiger charge is -2.06. The van der Waals surface area contributed by atoms with E-state index in [4.69, 9.17) is 10.00 Å². The summed E-state index contributed by atoms with van der Waals surface area (Å²) in [5.41, 5.74) is -0.578. The van der Waals surface area contributed by atoms with Crippen LogP contribution in [0.1, 0.15) is 22.4 Å². The Bertz CT molecular complexity index is 895. The van der Waals surface area contributed by atoms with Crippen LogP contribution >= 0.6 is 15.9 Å². The number of nitro groups is 1. The van der Waals surface area contributed by atoms with Crippen molar-refractivity contribution in [1.82, 2.24) is 4.98 Å². The quantitative estimate of drug-likeness (QED) is 0.623. The molecule has 0 unspecified atom stereocenters. The molecule has 0 spiro atoms. The number of pyridine rings is 1. The van der Waals surface area contributed by atoms with Crippen molar-refractivity contribution in [3.63, 3.8) is 0 Å². The molecule has 1 aromatic carbocycles. The van der Waals surface area contributed by atoms with Gasteiger partial charge in [-0.05, 0) is 23.8 Å². The van der Waals surface area contributed by atoms with E-state index in [9.17, 15) is 14.9 Å². The first-order valence-electron chi connectivity index (χ1n) is 6.74. The number of rotatable bonds is 5. The molecule has 24 heavy (non-hydrogen) atoms. The Kier molecular flexibility index (Phi) is 5.63. The number of aromatic amines is 1. The number of H-pyrrole nitrogens is 1. The number of hydrogen-bond acceptors (Lipinski definition) is 5. The lowest BCUT2D eigenvalue weighted by atomic mass is 10.1. The molecule has 0 aliphatic rings. The molecule has 0 aliphatic heterocycles. The summed E-state index contributed by atoms with van der Waals surface area (Å²) in [6.45, 7) is -0.206. The second-order valence-electron chi connectivity index (χ2n) is 4.76. The molecule has 8 heteroatoms. The van der Waals surface area contributed by atoms with Crippen molar-refractivity contribution in [3.05, 3.63) is 71.6 Å². The lowest BCUT2D eigenvalue weighted by Crippen LogP contribution is -2.18. The molecule has 0 amide bonds. The van der Waals surface area contributed by atoms with Crippen molar-refractivity contribution >= 4 is 33.8 Å². The Hall–Kier alpha value is -2.76. The first kappa shape index (κ1) is 17.6. The zero-order valence-corrected chi connectivity index (χ0v) is 14.2. The molecule has 0 fully saturated rings. The fourth-order valence-electron chi connectivity index (χ4n) is 2.15. The third kappa shape index (κ3) is 3.76. The molecule has 122 valence electrons. The normalized spacial score (nSPS) is 10.7. The zero-order chi connectivity index (χ0) is 17.7. The summed E-state index contributed by atoms with van der Waals surface area (Å²) in [7, 11) is 1.34. The number of benzene rings is 1. The lowest BCUT2D eigenvalue weighted by molar-refractivity contribution is -0.386. The molecule has 0 radical (unpaired) electrons. The van der Waals surface area contributed by atoms with Gasteiger partial charge in [-0.3, -0.25) is 14.9 Å². The average Bonchev–Trinajstić information content (AvgIpc) is 2.54. The number of nitrogens with one attached hydrogen (secondary N) is 1. The molecule has 1 N–H and O–H groups in total. The van der Waals surface area contributed by atoms with Crippen LogP contribution in [0.2, 0.25) is 0 Å². The summed E-state index contributed by atoms with van der Waals surface area (Å²) in [5.74, 6) is 0. The molecule has 0 saturated carbocycles. The summed E-state index contributed by atoms with van der Waals surface area (Å²) in [6, 6.07) is 8.96. The van der Waals surface area contributed by atoms with Crippen LogP contribution in [0, 0.1) is 21.4 Å². The first-order valence-corrected chi connectivity index (χ1v) is 7.53. The monoisotopic (exact) mass is 389 g/mol. The molecule has 0 bridgehead atoms. The summed E-state index contributed by atoms with van der Waals surface area (Å²) < 4.78 is 5.81. The molecule has 0 aliphatic carbocycles. The molecule has 0 atom stereocenters. The van der Waals surface area contributed by atoms with Crippen LogP contribution in [0.25, 0.3) is 12.2 Å². The van der Waals surface area contributed by atoms with Gasteiger partial charge in [-0.2, -0.15) is 5.26 Å². The van der Waals surface area contributed by atoms with Crippen molar-refractivity contribution < 1.29 is 9.66 Å². The number of methoxy groups -OCH3 is 1. The van der Waals surface area contributed by atoms with E-state index in [-0.39, 0.29) is 29.1 Å². The molecule has 7 nitrogen and oxygen atoms in total. The Morgan fingerprint density at radius 2 is 2.04 bits per heavy atom. The fourth-order valence-corrected chi connectivity index (χ4v) is 2.41. The van der Waals surface area contributed by atoms with Crippen molar-refractivity contribution in [2.24, 2.45) is 0 Å². The van der Waals surface area contributed by atoms with Crippen LogP contribution in [0.15, 0.2) is 33.5 Å². The van der Waals surface area contributed by atoms with Crippen molar-refractivity contribution in [3.8, 4) is 6.07 Å². The van der Waals surface area contributed by atoms with E-state index in [0.717, 1.165) is 10.0 Å². The van der Waals surface area contributed by atoms with Gasteiger partial charge in [0, 0.05) is 11.6 Å². The van der Waals surface area contributed by atoms with Gasteiger partial charge >= 0.3 is 0 Å². The summed E-state index contributed by atoms with van der Waals surface area (Å²) in [4.78, 5) is 25.2. The van der Waals surface area contributed by atoms with E-state index >= 15 is 0 Å². The smallest absolute Gasteiger partial charge is 0.299 e. The molecular formula is C16H12BrN3O4. The van der Waals surface area contributed by atoms with Gasteiger partial charge in [-0.1, -0.05) is 34.1 Å². The highest BCUT2D eigenvalue weighted by Crippen LogP contribution is 2.26. The summed E-state index contributed by atoms with van der Waals surface area (Å²) in [5, 5.41) is 20.5. The number of nitriles is 1. The van der Waals surface area contributed by atoms with Crippen molar-refractivity contribution in [2.45, 2.75) is 6.61 Å². The van der Waals surface area contributed by atoms with Gasteiger partial charge in [0.25, 0.3) is 11.2 Å². The van der Waals surface area contributed by atoms with Crippen LogP contribution in [-0.2, 0) is 11.3 Å². The van der Waals surface area contributed by atoms with Crippen LogP contribution in [0.3, 0.4) is 0 Å². The van der Waals surface area contributed by atoms with Crippen LogP contribution in [-0.4, -0.2) is 17.0 Å². The number of hydrogen-bond donors (Lipinski definition) is 1. The van der Waals surface area contributed by atoms with E-state index in [0.29, 0.717) is 0 Å². The molecule has 2 rings (SSSR count). The van der Waals surface area contributed by atoms with E-state index in [1.807, 2.05) is 24.3 Å². The van der Waals surface area contributed by atoms with Crippen molar-refractivity contribution in [1.29, 1.82) is 5.26 Å². The minimum absolute atomic E-state index is 0.0129. The third-order valence-corrected chi connectivity index (χ3v) is 3.74. The number of halogens is 1. The second kappa shape index (κ2) is 7.68. The number of ether oxygens (including phenoxy) is 1. The van der Waals surface area contributed by atoms with Crippen molar-refractivity contribution in [2.75, 3.05) is 7.11 Å². The number of nitrogens with zero attached hydrogens (tertiary/aromatic N) is 2. The highest BCUT2D eigenvalue weighted by molar-refractivity contribution is 9.10. The van der Waals surface area contributed by atoms with E-state index < -0.39 is 10.5 Å². The summed E-state index contributed by atoms with van der Waals surface area (Å²) in [6.07, 6.45) is 3.07. The topological polar surface area (TPSA) is 109 Å². The Morgan fingerprint density at radius 3 is 2.58 bits per heavy atom. The minimum atomic E-state index is -0.689. The Labute approximate surface area is 145 Å². The van der Waals surface area contributed by atoms with E-state index in [2.05, 4.69) is 20.9 Å². The second-order valence-corrected chi connectivity index (χ2v) is 5.67. The summed E-state index contributed by atoms with van der Waals surface area (Å²) >= 11 is 3.32. The zero-order valence-electron chi connectivity index (χ0n) is 12.6. The largest absolute Gasteiger partial charge is 0.380 e. The van der Waals surface area contributed by atoms with Crippen LogP contribution in [0.5, 0.6) is 0 Å². The van der Waals surface area contributed by atoms with Gasteiger partial charge in [0.15, 0.2) is 0 Å². The van der Waals surface area contributed by atoms with Crippen LogP contribution in [0.4, 0.5) is 5.69 Å². The molecule has 2 aromatic rings. The van der Waals surface area contributed by atoms with Gasteiger partial charge in [0.2, 0.25) is 0 Å². The predicted octanol–water partition coefficient (Wildman–Crippen LogP) is 3.23. The third-order valence-electron chi connectivity index (χ3n) is 3.21. The van der Waals surface area contributed by atoms with E-state index in [1.54, 1.807) is 12.1 Å². The SMILES string of the molecule is COCc1c([N+](=O)[O-])c(/C=C/c2ccc(Br)cc2)[nH]c(=O)c1C#N. The Morgan fingerprint density at radius 1 is 1.38 bits per heavy atom. The maximum Gasteiger partial charge on any atom is 0.299 e. The highest BCUT2D eigenvalue weighted by Gasteiger charge is 2.25. The van der Waals surface area contributed by atoms with Gasteiger partial charge in [-0.15, -0.1) is 0 Å². The fraction of sp³-hybridized carbons (Fsp3) is 0.125. The average molecular weight is 390 g/mol.